The Bertz CT molecular complexity index is 572. The fraction of sp³-hybridized carbons (Fsp3) is 0.429. The molecule has 2 N–H and O–H groups in total. The number of aromatic nitrogens is 2. The van der Waals surface area contributed by atoms with Crippen molar-refractivity contribution < 1.29 is 4.52 Å². The summed E-state index contributed by atoms with van der Waals surface area (Å²) < 4.78 is 5.51. The average Bonchev–Trinajstić information content (AvgIpc) is 2.78. The molecule has 1 aromatic carbocycles. The van der Waals surface area contributed by atoms with Gasteiger partial charge in [0.1, 0.15) is 0 Å². The number of nitrogens with two attached hydrogens (primary N) is 1. The van der Waals surface area contributed by atoms with Crippen molar-refractivity contribution in [3.05, 3.63) is 29.6 Å². The SMILES string of the molecule is Cc1c(N)cccc1-c1nc(CSC(C)(C)C)no1. The molecule has 1 aromatic heterocycles. The molecule has 0 aliphatic rings. The Morgan fingerprint density at radius 3 is 2.74 bits per heavy atom. The topological polar surface area (TPSA) is 64.9 Å². The first kappa shape index (κ1) is 13.9. The van der Waals surface area contributed by atoms with Crippen molar-refractivity contribution in [2.24, 2.45) is 0 Å². The molecule has 0 unspecified atom stereocenters. The number of anilines is 1. The van der Waals surface area contributed by atoms with Crippen LogP contribution in [0, 0.1) is 6.92 Å². The molecule has 2 aromatic rings. The maximum absolute atomic E-state index is 5.89. The zero-order valence-corrected chi connectivity index (χ0v) is 12.5. The third-order valence-corrected chi connectivity index (χ3v) is 3.98. The van der Waals surface area contributed by atoms with Gasteiger partial charge in [-0.1, -0.05) is 32.0 Å². The van der Waals surface area contributed by atoms with Crippen molar-refractivity contribution in [1.82, 2.24) is 10.1 Å². The summed E-state index contributed by atoms with van der Waals surface area (Å²) in [5.41, 5.74) is 8.50. The van der Waals surface area contributed by atoms with Crippen LogP contribution in [-0.2, 0) is 5.75 Å². The Morgan fingerprint density at radius 1 is 1.32 bits per heavy atom. The summed E-state index contributed by atoms with van der Waals surface area (Å²) in [6, 6.07) is 5.71. The lowest BCUT2D eigenvalue weighted by Gasteiger charge is -2.15. The third kappa shape index (κ3) is 3.50. The van der Waals surface area contributed by atoms with Gasteiger partial charge in [-0.2, -0.15) is 4.98 Å². The van der Waals surface area contributed by atoms with Crippen molar-refractivity contribution >= 4 is 17.4 Å². The Kier molecular flexibility index (Phi) is 3.85. The van der Waals surface area contributed by atoms with Crippen LogP contribution in [0.3, 0.4) is 0 Å². The van der Waals surface area contributed by atoms with Crippen LogP contribution < -0.4 is 5.73 Å². The van der Waals surface area contributed by atoms with Crippen molar-refractivity contribution in [3.8, 4) is 11.5 Å². The zero-order chi connectivity index (χ0) is 14.0. The van der Waals surface area contributed by atoms with Gasteiger partial charge in [-0.05, 0) is 24.6 Å². The maximum Gasteiger partial charge on any atom is 0.258 e. The lowest BCUT2D eigenvalue weighted by atomic mass is 10.1. The highest BCUT2D eigenvalue weighted by Crippen LogP contribution is 2.29. The van der Waals surface area contributed by atoms with E-state index < -0.39 is 0 Å². The van der Waals surface area contributed by atoms with Crippen LogP contribution in [0.1, 0.15) is 32.2 Å². The molecule has 5 heteroatoms. The van der Waals surface area contributed by atoms with Gasteiger partial charge in [0.05, 0.1) is 5.75 Å². The van der Waals surface area contributed by atoms with Crippen LogP contribution in [0.25, 0.3) is 11.5 Å². The third-order valence-electron chi connectivity index (χ3n) is 2.71. The first-order valence-corrected chi connectivity index (χ1v) is 7.17. The minimum Gasteiger partial charge on any atom is -0.398 e. The second kappa shape index (κ2) is 5.25. The van der Waals surface area contributed by atoms with Gasteiger partial charge in [0, 0.05) is 16.0 Å². The molecule has 102 valence electrons. The number of hydrogen-bond acceptors (Lipinski definition) is 5. The smallest absolute Gasteiger partial charge is 0.258 e. The van der Waals surface area contributed by atoms with E-state index in [1.807, 2.05) is 25.1 Å². The average molecular weight is 277 g/mol. The molecule has 0 saturated heterocycles. The number of hydrogen-bond donors (Lipinski definition) is 1. The van der Waals surface area contributed by atoms with Gasteiger partial charge in [-0.3, -0.25) is 0 Å². The highest BCUT2D eigenvalue weighted by molar-refractivity contribution is 7.99. The van der Waals surface area contributed by atoms with Gasteiger partial charge in [-0.25, -0.2) is 0 Å². The molecule has 0 atom stereocenters. The molecule has 0 aliphatic heterocycles. The second-order valence-electron chi connectivity index (χ2n) is 5.44. The molecule has 0 saturated carbocycles. The normalized spacial score (nSPS) is 11.8. The highest BCUT2D eigenvalue weighted by Gasteiger charge is 2.15. The van der Waals surface area contributed by atoms with Crippen LogP contribution in [0.5, 0.6) is 0 Å². The fourth-order valence-electron chi connectivity index (χ4n) is 1.59. The first-order chi connectivity index (χ1) is 8.87. The van der Waals surface area contributed by atoms with Crippen LogP contribution >= 0.6 is 11.8 Å². The van der Waals surface area contributed by atoms with E-state index in [0.717, 1.165) is 28.4 Å². The van der Waals surface area contributed by atoms with E-state index in [1.54, 1.807) is 11.8 Å². The lowest BCUT2D eigenvalue weighted by Crippen LogP contribution is -2.07. The molecule has 0 radical (unpaired) electrons. The van der Waals surface area contributed by atoms with Gasteiger partial charge in [0.15, 0.2) is 5.82 Å². The van der Waals surface area contributed by atoms with E-state index in [2.05, 4.69) is 30.9 Å². The Balaban J connectivity index is 2.19. The summed E-state index contributed by atoms with van der Waals surface area (Å²) in [5.74, 6) is 2.00. The van der Waals surface area contributed by atoms with Crippen molar-refractivity contribution in [2.45, 2.75) is 38.2 Å². The highest BCUT2D eigenvalue weighted by atomic mass is 32.2. The summed E-state index contributed by atoms with van der Waals surface area (Å²) in [6.45, 7) is 8.46. The Morgan fingerprint density at radius 2 is 2.05 bits per heavy atom. The number of rotatable bonds is 3. The summed E-state index contributed by atoms with van der Waals surface area (Å²) in [6.07, 6.45) is 0. The Labute approximate surface area is 117 Å². The number of thioether (sulfide) groups is 1. The number of nitrogens with zero attached hydrogens (tertiary/aromatic N) is 2. The van der Waals surface area contributed by atoms with E-state index in [1.165, 1.54) is 0 Å². The predicted molar refractivity (Wildman–Crippen MR) is 79.9 cm³/mol. The summed E-state index contributed by atoms with van der Waals surface area (Å²) >= 11 is 1.79. The van der Waals surface area contributed by atoms with Crippen LogP contribution in [0.2, 0.25) is 0 Å². The first-order valence-electron chi connectivity index (χ1n) is 6.19. The molecule has 0 amide bonds. The second-order valence-corrected chi connectivity index (χ2v) is 7.24. The molecule has 0 bridgehead atoms. The van der Waals surface area contributed by atoms with Gasteiger partial charge in [0.25, 0.3) is 5.89 Å². The van der Waals surface area contributed by atoms with E-state index in [4.69, 9.17) is 10.3 Å². The molecule has 0 fully saturated rings. The standard InChI is InChI=1S/C14H19N3OS/c1-9-10(6-5-7-11(9)15)13-16-12(17-18-13)8-19-14(2,3)4/h5-7H,8,15H2,1-4H3. The van der Waals surface area contributed by atoms with E-state index >= 15 is 0 Å². The van der Waals surface area contributed by atoms with Gasteiger partial charge in [0.2, 0.25) is 0 Å². The van der Waals surface area contributed by atoms with Crippen molar-refractivity contribution in [2.75, 3.05) is 5.73 Å². The maximum atomic E-state index is 5.89. The Hall–Kier alpha value is -1.49. The molecule has 4 nitrogen and oxygen atoms in total. The molecule has 1 heterocycles. The summed E-state index contributed by atoms with van der Waals surface area (Å²) in [7, 11) is 0. The van der Waals surface area contributed by atoms with E-state index in [-0.39, 0.29) is 4.75 Å². The quantitative estimate of drug-likeness (QED) is 0.867. The number of nitrogen functional groups attached to an aromatic ring is 1. The monoisotopic (exact) mass is 277 g/mol. The molecular formula is C14H19N3OS. The molecule has 19 heavy (non-hydrogen) atoms. The van der Waals surface area contributed by atoms with E-state index in [0.29, 0.717) is 5.89 Å². The van der Waals surface area contributed by atoms with E-state index in [9.17, 15) is 0 Å². The molecule has 2 rings (SSSR count). The van der Waals surface area contributed by atoms with Crippen LogP contribution in [-0.4, -0.2) is 14.9 Å². The van der Waals surface area contributed by atoms with Crippen molar-refractivity contribution in [1.29, 1.82) is 0 Å². The minimum atomic E-state index is 0.188. The van der Waals surface area contributed by atoms with Crippen LogP contribution in [0.15, 0.2) is 22.7 Å². The predicted octanol–water partition coefficient (Wildman–Crippen LogP) is 3.66. The zero-order valence-electron chi connectivity index (χ0n) is 11.7. The molecular weight excluding hydrogens is 258 g/mol. The summed E-state index contributed by atoms with van der Waals surface area (Å²) in [4.78, 5) is 4.43. The lowest BCUT2D eigenvalue weighted by molar-refractivity contribution is 0.425. The van der Waals surface area contributed by atoms with Gasteiger partial charge in [-0.15, -0.1) is 11.8 Å². The minimum absolute atomic E-state index is 0.188. The fourth-order valence-corrected chi connectivity index (χ4v) is 2.27. The van der Waals surface area contributed by atoms with Gasteiger partial charge >= 0.3 is 0 Å². The number of benzene rings is 1. The summed E-state index contributed by atoms with van der Waals surface area (Å²) in [5, 5.41) is 4.02. The largest absolute Gasteiger partial charge is 0.398 e. The molecule has 0 aliphatic carbocycles. The van der Waals surface area contributed by atoms with Gasteiger partial charge < -0.3 is 10.3 Å². The molecule has 0 spiro atoms. The van der Waals surface area contributed by atoms with Crippen molar-refractivity contribution in [3.63, 3.8) is 0 Å². The van der Waals surface area contributed by atoms with Crippen LogP contribution in [0.4, 0.5) is 5.69 Å².